The zero-order valence-electron chi connectivity index (χ0n) is 16.7. The van der Waals surface area contributed by atoms with Crippen LogP contribution in [0.2, 0.25) is 0 Å². The Bertz CT molecular complexity index is 736. The number of aliphatic carboxylic acids is 1. The number of carboxylic acid groups (broad SMARTS) is 1. The number of nitrogens with zero attached hydrogens (tertiary/aromatic N) is 1. The van der Waals surface area contributed by atoms with Gasteiger partial charge in [0.05, 0.1) is 26.2 Å². The van der Waals surface area contributed by atoms with E-state index in [0.29, 0.717) is 31.0 Å². The molecule has 1 aromatic rings. The fourth-order valence-electron chi connectivity index (χ4n) is 4.71. The van der Waals surface area contributed by atoms with Crippen molar-refractivity contribution in [3.63, 3.8) is 0 Å². The van der Waals surface area contributed by atoms with Gasteiger partial charge in [-0.25, -0.2) is 0 Å². The summed E-state index contributed by atoms with van der Waals surface area (Å²) in [5.74, 6) is -2.87. The molecule has 1 saturated heterocycles. The van der Waals surface area contributed by atoms with Gasteiger partial charge in [-0.2, -0.15) is 0 Å². The minimum absolute atomic E-state index is 0.304. The summed E-state index contributed by atoms with van der Waals surface area (Å²) in [6, 6.07) is 2.97. The Hall–Kier alpha value is -1.87. The van der Waals surface area contributed by atoms with Crippen LogP contribution in [0.3, 0.4) is 0 Å². The molecule has 4 unspecified atom stereocenters. The van der Waals surface area contributed by atoms with Gasteiger partial charge in [-0.05, 0) is 36.1 Å². The molecule has 3 rings (SSSR count). The second-order valence-electron chi connectivity index (χ2n) is 7.73. The maximum atomic E-state index is 11.3. The van der Waals surface area contributed by atoms with Crippen LogP contribution in [0.4, 0.5) is 0 Å². The van der Waals surface area contributed by atoms with Crippen molar-refractivity contribution in [2.24, 2.45) is 11.8 Å². The Labute approximate surface area is 164 Å². The molecule has 1 fully saturated rings. The van der Waals surface area contributed by atoms with Crippen LogP contribution in [0.25, 0.3) is 0 Å². The zero-order chi connectivity index (χ0) is 20.6. The second kappa shape index (κ2) is 7.87. The highest BCUT2D eigenvalue weighted by atomic mass is 16.6. The largest absolute Gasteiger partial charge is 0.493 e. The summed E-state index contributed by atoms with van der Waals surface area (Å²) in [7, 11) is 4.54. The number of carboxylic acids is 1. The molecule has 0 amide bonds. The van der Waals surface area contributed by atoms with Gasteiger partial charge in [0.15, 0.2) is 11.5 Å². The van der Waals surface area contributed by atoms with Crippen molar-refractivity contribution in [3.8, 4) is 11.5 Å². The van der Waals surface area contributed by atoms with Crippen molar-refractivity contribution < 1.29 is 34.3 Å². The zero-order valence-corrected chi connectivity index (χ0v) is 16.7. The molecule has 3 N–H and O–H groups in total. The topological polar surface area (TPSA) is 109 Å². The normalized spacial score (nSPS) is 27.4. The fraction of sp³-hybridized carbons (Fsp3) is 0.650. The summed E-state index contributed by atoms with van der Waals surface area (Å²) in [6.45, 7) is 2.78. The van der Waals surface area contributed by atoms with Crippen LogP contribution in [0.5, 0.6) is 11.5 Å². The Kier molecular flexibility index (Phi) is 5.86. The van der Waals surface area contributed by atoms with Crippen LogP contribution >= 0.6 is 0 Å². The third-order valence-corrected chi connectivity index (χ3v) is 6.02. The summed E-state index contributed by atoms with van der Waals surface area (Å²) in [6.07, 6.45) is 0.120. The number of rotatable bonds is 6. The Balaban J connectivity index is 2.00. The van der Waals surface area contributed by atoms with Gasteiger partial charge in [0.25, 0.3) is 0 Å². The number of aliphatic hydroxyl groups is 2. The van der Waals surface area contributed by atoms with E-state index in [1.54, 1.807) is 20.1 Å². The molecule has 2 heterocycles. The highest BCUT2D eigenvalue weighted by Gasteiger charge is 2.56. The Morgan fingerprint density at radius 3 is 2.46 bits per heavy atom. The first-order valence-corrected chi connectivity index (χ1v) is 9.43. The molecule has 0 saturated carbocycles. The molecule has 4 atom stereocenters. The SMILES string of the molecule is COc1cc2c(cc1OC)C1N(CC2)CC(CC(C)C(=O)O)C(OC)C1(O)O. The number of ether oxygens (including phenoxy) is 3. The first-order valence-electron chi connectivity index (χ1n) is 9.43. The number of methoxy groups -OCH3 is 3. The van der Waals surface area contributed by atoms with E-state index >= 15 is 0 Å². The van der Waals surface area contributed by atoms with Gasteiger partial charge in [0.2, 0.25) is 5.79 Å². The Morgan fingerprint density at radius 1 is 1.25 bits per heavy atom. The van der Waals surface area contributed by atoms with Crippen molar-refractivity contribution in [1.29, 1.82) is 0 Å². The lowest BCUT2D eigenvalue weighted by Gasteiger charge is -2.53. The summed E-state index contributed by atoms with van der Waals surface area (Å²) in [5, 5.41) is 31.6. The molecular formula is C20H29NO7. The monoisotopic (exact) mass is 395 g/mol. The maximum Gasteiger partial charge on any atom is 0.306 e. The van der Waals surface area contributed by atoms with Crippen LogP contribution in [-0.2, 0) is 16.0 Å². The molecular weight excluding hydrogens is 366 g/mol. The van der Waals surface area contributed by atoms with Crippen molar-refractivity contribution >= 4 is 5.97 Å². The van der Waals surface area contributed by atoms with E-state index in [0.717, 1.165) is 17.5 Å². The predicted octanol–water partition coefficient (Wildman–Crippen LogP) is 1.04. The van der Waals surface area contributed by atoms with E-state index in [2.05, 4.69) is 0 Å². The van der Waals surface area contributed by atoms with Gasteiger partial charge in [-0.1, -0.05) is 6.92 Å². The molecule has 156 valence electrons. The van der Waals surface area contributed by atoms with Gasteiger partial charge in [-0.3, -0.25) is 9.69 Å². The van der Waals surface area contributed by atoms with E-state index in [1.165, 1.54) is 14.2 Å². The number of fused-ring (bicyclic) bond motifs is 3. The van der Waals surface area contributed by atoms with E-state index in [4.69, 9.17) is 14.2 Å². The summed E-state index contributed by atoms with van der Waals surface area (Å²) < 4.78 is 16.3. The minimum atomic E-state index is -2.18. The molecule has 2 aliphatic heterocycles. The number of hydrogen-bond acceptors (Lipinski definition) is 7. The van der Waals surface area contributed by atoms with Crippen LogP contribution in [0.1, 0.15) is 30.5 Å². The molecule has 1 aromatic carbocycles. The third-order valence-electron chi connectivity index (χ3n) is 6.02. The summed E-state index contributed by atoms with van der Waals surface area (Å²) in [5.41, 5.74) is 1.74. The Morgan fingerprint density at radius 2 is 1.89 bits per heavy atom. The highest BCUT2D eigenvalue weighted by Crippen LogP contribution is 2.48. The lowest BCUT2D eigenvalue weighted by atomic mass is 9.75. The smallest absolute Gasteiger partial charge is 0.306 e. The number of carbonyl (C=O) groups is 1. The molecule has 8 heteroatoms. The van der Waals surface area contributed by atoms with Gasteiger partial charge < -0.3 is 29.5 Å². The first-order chi connectivity index (χ1) is 13.2. The average Bonchev–Trinajstić information content (AvgIpc) is 2.65. The maximum absolute atomic E-state index is 11.3. The summed E-state index contributed by atoms with van der Waals surface area (Å²) in [4.78, 5) is 13.3. The van der Waals surface area contributed by atoms with Crippen LogP contribution in [0, 0.1) is 11.8 Å². The molecule has 28 heavy (non-hydrogen) atoms. The van der Waals surface area contributed by atoms with Crippen molar-refractivity contribution in [3.05, 3.63) is 23.3 Å². The lowest BCUT2D eigenvalue weighted by molar-refractivity contribution is -0.304. The molecule has 8 nitrogen and oxygen atoms in total. The van der Waals surface area contributed by atoms with E-state index < -0.39 is 29.8 Å². The van der Waals surface area contributed by atoms with E-state index in [-0.39, 0.29) is 5.92 Å². The number of benzene rings is 1. The van der Waals surface area contributed by atoms with Crippen molar-refractivity contribution in [2.75, 3.05) is 34.4 Å². The molecule has 2 aliphatic rings. The van der Waals surface area contributed by atoms with Gasteiger partial charge in [-0.15, -0.1) is 0 Å². The minimum Gasteiger partial charge on any atom is -0.493 e. The molecule has 0 spiro atoms. The van der Waals surface area contributed by atoms with Gasteiger partial charge in [0.1, 0.15) is 6.10 Å². The van der Waals surface area contributed by atoms with Gasteiger partial charge in [0, 0.05) is 26.1 Å². The molecule has 0 bridgehead atoms. The second-order valence-corrected chi connectivity index (χ2v) is 7.73. The summed E-state index contributed by atoms with van der Waals surface area (Å²) >= 11 is 0. The number of hydrogen-bond donors (Lipinski definition) is 3. The molecule has 0 aliphatic carbocycles. The van der Waals surface area contributed by atoms with Crippen LogP contribution in [0.15, 0.2) is 12.1 Å². The predicted molar refractivity (Wildman–Crippen MR) is 100 cm³/mol. The van der Waals surface area contributed by atoms with Crippen LogP contribution in [-0.4, -0.2) is 72.5 Å². The third kappa shape index (κ3) is 3.45. The molecule has 0 radical (unpaired) electrons. The number of piperidine rings is 1. The lowest BCUT2D eigenvalue weighted by Crippen LogP contribution is -2.64. The first kappa shape index (κ1) is 20.9. The van der Waals surface area contributed by atoms with Gasteiger partial charge >= 0.3 is 5.97 Å². The average molecular weight is 395 g/mol. The fourth-order valence-corrected chi connectivity index (χ4v) is 4.71. The van der Waals surface area contributed by atoms with E-state index in [1.807, 2.05) is 11.0 Å². The standard InChI is InChI=1S/C20H29NO7/c1-11(19(22)23)7-13-10-21-6-5-12-8-15(26-2)16(27-3)9-14(12)17(21)20(24,25)18(13)28-4/h8-9,11,13,17-18,24-25H,5-7,10H2,1-4H3,(H,22,23). The highest BCUT2D eigenvalue weighted by molar-refractivity contribution is 5.69. The van der Waals surface area contributed by atoms with Crippen molar-refractivity contribution in [2.45, 2.75) is 37.7 Å². The van der Waals surface area contributed by atoms with E-state index in [9.17, 15) is 20.1 Å². The van der Waals surface area contributed by atoms with Crippen LogP contribution < -0.4 is 9.47 Å². The van der Waals surface area contributed by atoms with Crippen molar-refractivity contribution in [1.82, 2.24) is 4.90 Å². The molecule has 0 aromatic heterocycles. The quantitative estimate of drug-likeness (QED) is 0.613.